The lowest BCUT2D eigenvalue weighted by atomic mass is 9.66. The Labute approximate surface area is 179 Å². The highest BCUT2D eigenvalue weighted by molar-refractivity contribution is 5.41. The van der Waals surface area contributed by atoms with Crippen molar-refractivity contribution in [1.82, 2.24) is 0 Å². The first-order valence-corrected chi connectivity index (χ1v) is 11.6. The standard InChI is InChI=1S/C27H41N.H2O/c1-3-5-6-7-8-9-10-11-18-23-26(28)27(4-2,24-19-14-12-15-20-24)25-21-16-13-17-22-25;/h12-17,19-22,26H,3-11,18,23,28H2,1-2H3;1H2. The predicted octanol–water partition coefficient (Wildman–Crippen LogP) is 6.81. The maximum absolute atomic E-state index is 6.92. The van der Waals surface area contributed by atoms with Crippen LogP contribution in [-0.4, -0.2) is 11.5 Å². The van der Waals surface area contributed by atoms with Gasteiger partial charge in [-0.25, -0.2) is 0 Å². The van der Waals surface area contributed by atoms with Crippen LogP contribution < -0.4 is 5.73 Å². The van der Waals surface area contributed by atoms with Crippen molar-refractivity contribution in [3.05, 3.63) is 71.8 Å². The molecule has 0 bridgehead atoms. The van der Waals surface area contributed by atoms with Gasteiger partial charge in [-0.15, -0.1) is 0 Å². The Morgan fingerprint density at radius 3 is 1.48 bits per heavy atom. The van der Waals surface area contributed by atoms with Gasteiger partial charge in [0.25, 0.3) is 0 Å². The lowest BCUT2D eigenvalue weighted by Gasteiger charge is -2.40. The minimum Gasteiger partial charge on any atom is -0.412 e. The van der Waals surface area contributed by atoms with E-state index >= 15 is 0 Å². The van der Waals surface area contributed by atoms with Gasteiger partial charge in [0, 0.05) is 11.5 Å². The van der Waals surface area contributed by atoms with Crippen molar-refractivity contribution in [2.24, 2.45) is 5.73 Å². The monoisotopic (exact) mass is 397 g/mol. The molecule has 0 aliphatic carbocycles. The molecule has 0 heterocycles. The minimum absolute atomic E-state index is 0. The number of benzene rings is 2. The highest BCUT2D eigenvalue weighted by Crippen LogP contribution is 2.39. The summed E-state index contributed by atoms with van der Waals surface area (Å²) in [5.41, 5.74) is 9.54. The van der Waals surface area contributed by atoms with Crippen molar-refractivity contribution in [3.8, 4) is 0 Å². The van der Waals surface area contributed by atoms with Gasteiger partial charge in [0.1, 0.15) is 0 Å². The van der Waals surface area contributed by atoms with Crippen LogP contribution in [0.25, 0.3) is 0 Å². The van der Waals surface area contributed by atoms with Gasteiger partial charge in [-0.3, -0.25) is 0 Å². The molecule has 0 saturated heterocycles. The molecule has 2 rings (SSSR count). The van der Waals surface area contributed by atoms with E-state index in [1.54, 1.807) is 0 Å². The minimum atomic E-state index is -0.0946. The molecule has 4 N–H and O–H groups in total. The molecule has 0 fully saturated rings. The molecule has 0 saturated carbocycles. The van der Waals surface area contributed by atoms with Gasteiger partial charge in [-0.1, -0.05) is 132 Å². The van der Waals surface area contributed by atoms with Crippen LogP contribution in [0.15, 0.2) is 60.7 Å². The molecule has 0 amide bonds. The fourth-order valence-corrected chi connectivity index (χ4v) is 4.66. The molecule has 1 atom stereocenters. The first kappa shape index (κ1) is 25.4. The molecule has 1 unspecified atom stereocenters. The van der Waals surface area contributed by atoms with Gasteiger partial charge in [-0.2, -0.15) is 0 Å². The van der Waals surface area contributed by atoms with Crippen LogP contribution in [0.1, 0.15) is 95.6 Å². The number of hydrogen-bond acceptors (Lipinski definition) is 1. The van der Waals surface area contributed by atoms with Crippen molar-refractivity contribution in [3.63, 3.8) is 0 Å². The SMILES string of the molecule is CCCCCCCCCCCC(N)C(CC)(c1ccccc1)c1ccccc1.O. The van der Waals surface area contributed by atoms with Crippen molar-refractivity contribution in [1.29, 1.82) is 0 Å². The van der Waals surface area contributed by atoms with Gasteiger partial charge in [-0.05, 0) is 24.0 Å². The molecule has 2 aromatic rings. The third-order valence-corrected chi connectivity index (χ3v) is 6.39. The average molecular weight is 398 g/mol. The second-order valence-electron chi connectivity index (χ2n) is 8.28. The van der Waals surface area contributed by atoms with Gasteiger partial charge < -0.3 is 11.2 Å². The molecular weight excluding hydrogens is 354 g/mol. The lowest BCUT2D eigenvalue weighted by molar-refractivity contribution is 0.363. The smallest absolute Gasteiger partial charge is 0.0351 e. The van der Waals surface area contributed by atoms with E-state index in [9.17, 15) is 0 Å². The molecule has 2 nitrogen and oxygen atoms in total. The van der Waals surface area contributed by atoms with Crippen molar-refractivity contribution in [2.75, 3.05) is 0 Å². The number of unbranched alkanes of at least 4 members (excludes halogenated alkanes) is 8. The van der Waals surface area contributed by atoms with Crippen LogP contribution in [0.5, 0.6) is 0 Å². The molecular formula is C27H43NO. The fraction of sp³-hybridized carbons (Fsp3) is 0.556. The Balaban J connectivity index is 0.00000420. The molecule has 2 heteroatoms. The second-order valence-corrected chi connectivity index (χ2v) is 8.28. The Bertz CT molecular complexity index is 586. The summed E-state index contributed by atoms with van der Waals surface area (Å²) in [4.78, 5) is 0. The summed E-state index contributed by atoms with van der Waals surface area (Å²) in [5, 5.41) is 0. The normalized spacial score (nSPS) is 12.4. The van der Waals surface area contributed by atoms with E-state index in [0.717, 1.165) is 12.8 Å². The molecule has 0 aromatic heterocycles. The Morgan fingerprint density at radius 1 is 0.655 bits per heavy atom. The van der Waals surface area contributed by atoms with Crippen LogP contribution in [-0.2, 0) is 5.41 Å². The highest BCUT2D eigenvalue weighted by atomic mass is 16.0. The third kappa shape index (κ3) is 7.28. The lowest BCUT2D eigenvalue weighted by Crippen LogP contribution is -2.46. The van der Waals surface area contributed by atoms with E-state index < -0.39 is 0 Å². The predicted molar refractivity (Wildman–Crippen MR) is 127 cm³/mol. The largest absolute Gasteiger partial charge is 0.412 e. The molecule has 0 aliphatic rings. The molecule has 0 spiro atoms. The molecule has 29 heavy (non-hydrogen) atoms. The van der Waals surface area contributed by atoms with Gasteiger partial charge in [0.2, 0.25) is 0 Å². The Kier molecular flexibility index (Phi) is 12.6. The quantitative estimate of drug-likeness (QED) is 0.350. The summed E-state index contributed by atoms with van der Waals surface area (Å²) in [6.45, 7) is 4.57. The van der Waals surface area contributed by atoms with E-state index in [0.29, 0.717) is 0 Å². The van der Waals surface area contributed by atoms with Crippen LogP contribution in [0.4, 0.5) is 0 Å². The van der Waals surface area contributed by atoms with E-state index in [2.05, 4.69) is 74.5 Å². The van der Waals surface area contributed by atoms with Crippen molar-refractivity contribution in [2.45, 2.75) is 95.9 Å². The zero-order valence-electron chi connectivity index (χ0n) is 18.7. The maximum Gasteiger partial charge on any atom is 0.0351 e. The third-order valence-electron chi connectivity index (χ3n) is 6.39. The zero-order valence-corrected chi connectivity index (χ0v) is 18.7. The first-order chi connectivity index (χ1) is 13.8. The number of nitrogens with two attached hydrogens (primary N) is 1. The topological polar surface area (TPSA) is 57.5 Å². The van der Waals surface area contributed by atoms with Crippen LogP contribution in [0.2, 0.25) is 0 Å². The van der Waals surface area contributed by atoms with Crippen LogP contribution in [0.3, 0.4) is 0 Å². The summed E-state index contributed by atoms with van der Waals surface area (Å²) in [6.07, 6.45) is 14.4. The Hall–Kier alpha value is -1.64. The number of rotatable bonds is 14. The highest BCUT2D eigenvalue weighted by Gasteiger charge is 2.38. The average Bonchev–Trinajstić information content (AvgIpc) is 2.75. The molecule has 2 aromatic carbocycles. The van der Waals surface area contributed by atoms with E-state index in [4.69, 9.17) is 5.73 Å². The Morgan fingerprint density at radius 2 is 1.07 bits per heavy atom. The number of hydrogen-bond donors (Lipinski definition) is 1. The fourth-order valence-electron chi connectivity index (χ4n) is 4.66. The summed E-state index contributed by atoms with van der Waals surface area (Å²) in [6, 6.07) is 22.0. The summed E-state index contributed by atoms with van der Waals surface area (Å²) < 4.78 is 0. The van der Waals surface area contributed by atoms with Crippen molar-refractivity contribution >= 4 is 0 Å². The van der Waals surface area contributed by atoms with E-state index in [1.807, 2.05) is 0 Å². The van der Waals surface area contributed by atoms with Gasteiger partial charge in [0.15, 0.2) is 0 Å². The summed E-state index contributed by atoms with van der Waals surface area (Å²) in [7, 11) is 0. The van der Waals surface area contributed by atoms with Crippen LogP contribution in [0, 0.1) is 0 Å². The van der Waals surface area contributed by atoms with Crippen LogP contribution >= 0.6 is 0 Å². The maximum atomic E-state index is 6.92. The second kappa shape index (κ2) is 14.4. The van der Waals surface area contributed by atoms with Gasteiger partial charge >= 0.3 is 0 Å². The molecule has 0 radical (unpaired) electrons. The van der Waals surface area contributed by atoms with Gasteiger partial charge in [0.05, 0.1) is 0 Å². The molecule has 162 valence electrons. The zero-order chi connectivity index (χ0) is 20.1. The van der Waals surface area contributed by atoms with Crippen molar-refractivity contribution < 1.29 is 5.48 Å². The summed E-state index contributed by atoms with van der Waals surface area (Å²) in [5.74, 6) is 0. The van der Waals surface area contributed by atoms with E-state index in [1.165, 1.54) is 68.9 Å². The van der Waals surface area contributed by atoms with E-state index in [-0.39, 0.29) is 16.9 Å². The first-order valence-electron chi connectivity index (χ1n) is 11.6. The summed E-state index contributed by atoms with van der Waals surface area (Å²) >= 11 is 0. The molecule has 0 aliphatic heterocycles.